The van der Waals surface area contributed by atoms with Crippen molar-refractivity contribution in [3.63, 3.8) is 0 Å². The van der Waals surface area contributed by atoms with Gasteiger partial charge in [-0.15, -0.1) is 0 Å². The molecule has 92 valence electrons. The lowest BCUT2D eigenvalue weighted by atomic mass is 10.2. The van der Waals surface area contributed by atoms with Crippen LogP contribution in [0.3, 0.4) is 0 Å². The molecule has 1 aromatic carbocycles. The summed E-state index contributed by atoms with van der Waals surface area (Å²) in [5.74, 6) is -0.829. The van der Waals surface area contributed by atoms with Crippen molar-refractivity contribution >= 4 is 39.9 Å². The maximum Gasteiger partial charge on any atom is 0.303 e. The molecular formula is C10H11IN2O4. The van der Waals surface area contributed by atoms with Crippen LogP contribution < -0.4 is 5.32 Å². The van der Waals surface area contributed by atoms with Crippen molar-refractivity contribution in [2.45, 2.75) is 12.8 Å². The van der Waals surface area contributed by atoms with Crippen molar-refractivity contribution in [3.05, 3.63) is 31.9 Å². The van der Waals surface area contributed by atoms with E-state index < -0.39 is 10.9 Å². The number of nitrogens with one attached hydrogen (secondary N) is 1. The number of hydrogen-bond donors (Lipinski definition) is 2. The normalized spacial score (nSPS) is 9.94. The Kier molecular flexibility index (Phi) is 5.13. The van der Waals surface area contributed by atoms with E-state index in [1.54, 1.807) is 6.07 Å². The highest BCUT2D eigenvalue weighted by Crippen LogP contribution is 2.23. The Morgan fingerprint density at radius 3 is 2.76 bits per heavy atom. The lowest BCUT2D eigenvalue weighted by molar-refractivity contribution is -0.384. The number of carboxylic acids is 1. The molecular weight excluding hydrogens is 339 g/mol. The van der Waals surface area contributed by atoms with Crippen LogP contribution in [-0.4, -0.2) is 22.5 Å². The molecule has 0 atom stereocenters. The van der Waals surface area contributed by atoms with Gasteiger partial charge in [-0.1, -0.05) is 0 Å². The second kappa shape index (κ2) is 6.38. The van der Waals surface area contributed by atoms with Gasteiger partial charge in [0.1, 0.15) is 0 Å². The first-order valence-electron chi connectivity index (χ1n) is 4.90. The molecule has 0 amide bonds. The fourth-order valence-corrected chi connectivity index (χ4v) is 1.91. The van der Waals surface area contributed by atoms with Crippen LogP contribution in [0.4, 0.5) is 11.4 Å². The van der Waals surface area contributed by atoms with E-state index in [1.165, 1.54) is 12.1 Å². The summed E-state index contributed by atoms with van der Waals surface area (Å²) in [7, 11) is 0. The summed E-state index contributed by atoms with van der Waals surface area (Å²) in [5, 5.41) is 22.0. The van der Waals surface area contributed by atoms with Crippen molar-refractivity contribution in [1.82, 2.24) is 0 Å². The smallest absolute Gasteiger partial charge is 0.303 e. The lowest BCUT2D eigenvalue weighted by Gasteiger charge is -2.07. The van der Waals surface area contributed by atoms with Gasteiger partial charge in [-0.25, -0.2) is 0 Å². The average Bonchev–Trinajstić information content (AvgIpc) is 2.25. The third-order valence-electron chi connectivity index (χ3n) is 2.05. The number of rotatable bonds is 6. The number of non-ortho nitro benzene ring substituents is 1. The monoisotopic (exact) mass is 350 g/mol. The van der Waals surface area contributed by atoms with Gasteiger partial charge in [0, 0.05) is 34.4 Å². The summed E-state index contributed by atoms with van der Waals surface area (Å²) in [4.78, 5) is 20.4. The van der Waals surface area contributed by atoms with Crippen LogP contribution in [0.1, 0.15) is 12.8 Å². The minimum absolute atomic E-state index is 0.0467. The first kappa shape index (κ1) is 13.7. The van der Waals surface area contributed by atoms with E-state index in [2.05, 4.69) is 5.32 Å². The minimum atomic E-state index is -0.829. The highest BCUT2D eigenvalue weighted by atomic mass is 127. The standard InChI is InChI=1S/C10H11IN2O4/c11-8-6-7(13(16)17)3-4-9(8)12-5-1-2-10(14)15/h3-4,6,12H,1-2,5H2,(H,14,15). The summed E-state index contributed by atoms with van der Waals surface area (Å²) in [6, 6.07) is 4.52. The summed E-state index contributed by atoms with van der Waals surface area (Å²) in [5.41, 5.74) is 0.826. The van der Waals surface area contributed by atoms with Gasteiger partial charge >= 0.3 is 5.97 Å². The predicted molar refractivity (Wildman–Crippen MR) is 71.2 cm³/mol. The maximum atomic E-state index is 10.5. The molecule has 0 aliphatic carbocycles. The van der Waals surface area contributed by atoms with Gasteiger partial charge in [0.15, 0.2) is 0 Å². The van der Waals surface area contributed by atoms with E-state index in [9.17, 15) is 14.9 Å². The highest BCUT2D eigenvalue weighted by molar-refractivity contribution is 14.1. The van der Waals surface area contributed by atoms with Crippen molar-refractivity contribution < 1.29 is 14.8 Å². The molecule has 0 spiro atoms. The number of anilines is 1. The Morgan fingerprint density at radius 1 is 1.53 bits per heavy atom. The Bertz CT molecular complexity index is 436. The molecule has 2 N–H and O–H groups in total. The van der Waals surface area contributed by atoms with E-state index in [1.807, 2.05) is 22.6 Å². The van der Waals surface area contributed by atoms with Gasteiger partial charge in [0.2, 0.25) is 0 Å². The van der Waals surface area contributed by atoms with Crippen LogP contribution in [0, 0.1) is 13.7 Å². The molecule has 0 aliphatic heterocycles. The number of carboxylic acid groups (broad SMARTS) is 1. The van der Waals surface area contributed by atoms with Gasteiger partial charge in [-0.3, -0.25) is 14.9 Å². The quantitative estimate of drug-likeness (QED) is 0.356. The zero-order valence-electron chi connectivity index (χ0n) is 8.85. The molecule has 0 aromatic heterocycles. The second-order valence-corrected chi connectivity index (χ2v) is 4.51. The van der Waals surface area contributed by atoms with E-state index >= 15 is 0 Å². The first-order chi connectivity index (χ1) is 8.00. The van der Waals surface area contributed by atoms with Crippen LogP contribution >= 0.6 is 22.6 Å². The van der Waals surface area contributed by atoms with E-state index in [-0.39, 0.29) is 12.1 Å². The number of carbonyl (C=O) groups is 1. The van der Waals surface area contributed by atoms with Crippen LogP contribution in [0.2, 0.25) is 0 Å². The summed E-state index contributed by atoms with van der Waals surface area (Å²) >= 11 is 2.00. The molecule has 17 heavy (non-hydrogen) atoms. The molecule has 1 rings (SSSR count). The maximum absolute atomic E-state index is 10.5. The number of aliphatic carboxylic acids is 1. The largest absolute Gasteiger partial charge is 0.481 e. The Balaban J connectivity index is 2.54. The SMILES string of the molecule is O=C(O)CCCNc1ccc([N+](=O)[O-])cc1I. The number of nitrogens with zero attached hydrogens (tertiary/aromatic N) is 1. The number of nitro groups is 1. The Labute approximate surface area is 111 Å². The zero-order chi connectivity index (χ0) is 12.8. The zero-order valence-corrected chi connectivity index (χ0v) is 11.0. The molecule has 0 saturated carbocycles. The summed E-state index contributed by atoms with van der Waals surface area (Å²) in [6.07, 6.45) is 0.624. The van der Waals surface area contributed by atoms with E-state index in [0.29, 0.717) is 13.0 Å². The topological polar surface area (TPSA) is 92.5 Å². The van der Waals surface area contributed by atoms with Gasteiger partial charge in [0.05, 0.1) is 4.92 Å². The average molecular weight is 350 g/mol. The van der Waals surface area contributed by atoms with Crippen LogP contribution in [0.5, 0.6) is 0 Å². The molecule has 0 heterocycles. The molecule has 0 fully saturated rings. The summed E-state index contributed by atoms with van der Waals surface area (Å²) in [6.45, 7) is 0.528. The van der Waals surface area contributed by atoms with Gasteiger partial charge in [-0.2, -0.15) is 0 Å². The van der Waals surface area contributed by atoms with Crippen molar-refractivity contribution in [2.75, 3.05) is 11.9 Å². The van der Waals surface area contributed by atoms with Crippen LogP contribution in [0.25, 0.3) is 0 Å². The molecule has 0 radical (unpaired) electrons. The highest BCUT2D eigenvalue weighted by Gasteiger charge is 2.08. The molecule has 0 aliphatic rings. The molecule has 6 nitrogen and oxygen atoms in total. The third-order valence-corrected chi connectivity index (χ3v) is 2.94. The number of nitro benzene ring substituents is 1. The summed E-state index contributed by atoms with van der Waals surface area (Å²) < 4.78 is 0.743. The van der Waals surface area contributed by atoms with Gasteiger partial charge < -0.3 is 10.4 Å². The fourth-order valence-electron chi connectivity index (χ4n) is 1.22. The molecule has 0 unspecified atom stereocenters. The van der Waals surface area contributed by atoms with Crippen molar-refractivity contribution in [1.29, 1.82) is 0 Å². The van der Waals surface area contributed by atoms with E-state index in [0.717, 1.165) is 9.26 Å². The molecule has 1 aromatic rings. The number of hydrogen-bond acceptors (Lipinski definition) is 4. The van der Waals surface area contributed by atoms with Crippen LogP contribution in [-0.2, 0) is 4.79 Å². The molecule has 7 heteroatoms. The molecule has 0 bridgehead atoms. The third kappa shape index (κ3) is 4.55. The lowest BCUT2D eigenvalue weighted by Crippen LogP contribution is -2.06. The second-order valence-electron chi connectivity index (χ2n) is 3.35. The van der Waals surface area contributed by atoms with Gasteiger partial charge in [0.25, 0.3) is 5.69 Å². The number of halogens is 1. The van der Waals surface area contributed by atoms with E-state index in [4.69, 9.17) is 5.11 Å². The van der Waals surface area contributed by atoms with Crippen molar-refractivity contribution in [2.24, 2.45) is 0 Å². The Hall–Kier alpha value is -1.38. The number of benzene rings is 1. The first-order valence-corrected chi connectivity index (χ1v) is 5.98. The minimum Gasteiger partial charge on any atom is -0.481 e. The van der Waals surface area contributed by atoms with Crippen LogP contribution in [0.15, 0.2) is 18.2 Å². The predicted octanol–water partition coefficient (Wildman–Crippen LogP) is 2.48. The molecule has 0 saturated heterocycles. The fraction of sp³-hybridized carbons (Fsp3) is 0.300. The van der Waals surface area contributed by atoms with Crippen molar-refractivity contribution in [3.8, 4) is 0 Å². The van der Waals surface area contributed by atoms with Gasteiger partial charge in [-0.05, 0) is 35.1 Å². The Morgan fingerprint density at radius 2 is 2.24 bits per heavy atom.